The van der Waals surface area contributed by atoms with Crippen LogP contribution in [0.4, 0.5) is 10.8 Å². The third-order valence-corrected chi connectivity index (χ3v) is 5.16. The Labute approximate surface area is 168 Å². The second kappa shape index (κ2) is 7.93. The number of anilines is 2. The minimum atomic E-state index is -3.53. The van der Waals surface area contributed by atoms with E-state index in [9.17, 15) is 18.3 Å². The lowest BCUT2D eigenvalue weighted by Gasteiger charge is -2.08. The number of amides is 1. The summed E-state index contributed by atoms with van der Waals surface area (Å²) in [5.41, 5.74) is 1.65. The molecule has 0 spiro atoms. The molecule has 3 aromatic heterocycles. The van der Waals surface area contributed by atoms with Gasteiger partial charge in [0.15, 0.2) is 16.4 Å². The molecule has 0 saturated carbocycles. The fraction of sp³-hybridized carbons (Fsp3) is 0.200. The first-order valence-corrected chi connectivity index (χ1v) is 10.8. The molecule has 28 heavy (non-hydrogen) atoms. The number of fused-ring (bicyclic) bond motifs is 1. The monoisotopic (exact) mass is 443 g/mol. The molecule has 1 amide bonds. The van der Waals surface area contributed by atoms with Gasteiger partial charge in [0, 0.05) is 11.8 Å². The Balaban J connectivity index is 1.92. The predicted molar refractivity (Wildman–Crippen MR) is 106 cm³/mol. The van der Waals surface area contributed by atoms with E-state index in [-0.39, 0.29) is 16.0 Å². The summed E-state index contributed by atoms with van der Waals surface area (Å²) in [5, 5.41) is 20.7. The number of aliphatic hydroxyl groups excluding tert-OH is 2. The van der Waals surface area contributed by atoms with Crippen LogP contribution in [0.5, 0.6) is 0 Å². The van der Waals surface area contributed by atoms with Crippen molar-refractivity contribution in [3.05, 3.63) is 29.5 Å². The Hall–Kier alpha value is -2.38. The summed E-state index contributed by atoms with van der Waals surface area (Å²) in [4.78, 5) is 24.7. The van der Waals surface area contributed by atoms with E-state index in [1.807, 2.05) is 0 Å². The van der Waals surface area contributed by atoms with E-state index in [2.05, 4.69) is 25.0 Å². The maximum atomic E-state index is 11.6. The van der Waals surface area contributed by atoms with E-state index in [1.165, 1.54) is 12.3 Å². The van der Waals surface area contributed by atoms with Crippen LogP contribution >= 0.6 is 22.9 Å². The quantitative estimate of drug-likeness (QED) is 0.412. The lowest BCUT2D eigenvalue weighted by atomic mass is 10.2. The lowest BCUT2D eigenvalue weighted by molar-refractivity contribution is -0.125. The molecule has 0 aliphatic carbocycles. The van der Waals surface area contributed by atoms with Crippen molar-refractivity contribution in [2.24, 2.45) is 0 Å². The molecule has 0 fully saturated rings. The number of aliphatic hydroxyl groups is 2. The van der Waals surface area contributed by atoms with Crippen LogP contribution in [0.2, 0.25) is 5.15 Å². The van der Waals surface area contributed by atoms with E-state index < -0.39 is 28.6 Å². The molecule has 10 nitrogen and oxygen atoms in total. The largest absolute Gasteiger partial charge is 0.393 e. The summed E-state index contributed by atoms with van der Waals surface area (Å²) in [5.74, 6) is -0.778. The van der Waals surface area contributed by atoms with Crippen LogP contribution in [0.3, 0.4) is 0 Å². The van der Waals surface area contributed by atoms with Gasteiger partial charge >= 0.3 is 0 Å². The van der Waals surface area contributed by atoms with Crippen LogP contribution in [-0.2, 0) is 14.8 Å². The van der Waals surface area contributed by atoms with Crippen LogP contribution in [0.1, 0.15) is 0 Å². The standard InChI is InChI=1S/C15H14ClN5O5S2/c1-28(25,26)21-10-4-7(5-17-12(10)16)8-2-3-9-14(18-8)27-15(19-9)20-13(24)11(23)6-22/h2-5,11,21-23H,6H2,1H3,(H,19,20,24). The van der Waals surface area contributed by atoms with Gasteiger partial charge in [-0.25, -0.2) is 23.4 Å². The Bertz CT molecular complexity index is 1150. The maximum Gasteiger partial charge on any atom is 0.257 e. The highest BCUT2D eigenvalue weighted by Gasteiger charge is 2.17. The van der Waals surface area contributed by atoms with Crippen molar-refractivity contribution < 1.29 is 23.4 Å². The highest BCUT2D eigenvalue weighted by atomic mass is 35.5. The molecule has 3 rings (SSSR count). The summed E-state index contributed by atoms with van der Waals surface area (Å²) in [6, 6.07) is 4.84. The van der Waals surface area contributed by atoms with Crippen LogP contribution in [0.25, 0.3) is 21.6 Å². The van der Waals surface area contributed by atoms with Crippen LogP contribution in [-0.4, -0.2) is 58.5 Å². The first-order valence-electron chi connectivity index (χ1n) is 7.67. The first kappa shape index (κ1) is 20.4. The fourth-order valence-electron chi connectivity index (χ4n) is 2.16. The second-order valence-corrected chi connectivity index (χ2v) is 8.75. The van der Waals surface area contributed by atoms with E-state index in [4.69, 9.17) is 16.7 Å². The molecule has 0 radical (unpaired) electrons. The summed E-state index contributed by atoms with van der Waals surface area (Å²) in [6.45, 7) is -0.702. The van der Waals surface area contributed by atoms with Crippen molar-refractivity contribution in [1.29, 1.82) is 0 Å². The molecule has 148 valence electrons. The van der Waals surface area contributed by atoms with Crippen molar-refractivity contribution in [3.8, 4) is 11.3 Å². The first-order chi connectivity index (χ1) is 13.2. The molecule has 0 aromatic carbocycles. The molecule has 13 heteroatoms. The Morgan fingerprint density at radius 2 is 2.11 bits per heavy atom. The van der Waals surface area contributed by atoms with Gasteiger partial charge < -0.3 is 10.2 Å². The van der Waals surface area contributed by atoms with Crippen LogP contribution in [0.15, 0.2) is 24.4 Å². The maximum absolute atomic E-state index is 11.6. The van der Waals surface area contributed by atoms with Gasteiger partial charge in [-0.1, -0.05) is 22.9 Å². The SMILES string of the molecule is CS(=O)(=O)Nc1cc(-c2ccc3nc(NC(=O)C(O)CO)sc3n2)cnc1Cl. The number of rotatable bonds is 6. The lowest BCUT2D eigenvalue weighted by Crippen LogP contribution is -2.30. The fourth-order valence-corrected chi connectivity index (χ4v) is 3.77. The zero-order valence-electron chi connectivity index (χ0n) is 14.2. The number of pyridine rings is 2. The van der Waals surface area contributed by atoms with Gasteiger partial charge in [0.1, 0.15) is 10.3 Å². The molecular weight excluding hydrogens is 430 g/mol. The summed E-state index contributed by atoms with van der Waals surface area (Å²) in [7, 11) is -3.53. The number of hydrogen-bond acceptors (Lipinski definition) is 9. The third kappa shape index (κ3) is 4.72. The molecular formula is C15H14ClN5O5S2. The number of sulfonamides is 1. The molecule has 0 saturated heterocycles. The summed E-state index contributed by atoms with van der Waals surface area (Å²) in [6.07, 6.45) is 0.906. The van der Waals surface area contributed by atoms with Gasteiger partial charge in [-0.3, -0.25) is 14.8 Å². The predicted octanol–water partition coefficient (Wildman–Crippen LogP) is 1.07. The van der Waals surface area contributed by atoms with Crippen molar-refractivity contribution in [2.75, 3.05) is 22.9 Å². The Kier molecular flexibility index (Phi) is 5.76. The Morgan fingerprint density at radius 1 is 1.36 bits per heavy atom. The highest BCUT2D eigenvalue weighted by Crippen LogP contribution is 2.30. The van der Waals surface area contributed by atoms with Crippen LogP contribution in [0, 0.1) is 0 Å². The van der Waals surface area contributed by atoms with Gasteiger partial charge in [0.2, 0.25) is 10.0 Å². The highest BCUT2D eigenvalue weighted by molar-refractivity contribution is 7.92. The Morgan fingerprint density at radius 3 is 2.79 bits per heavy atom. The molecule has 3 aromatic rings. The normalized spacial score (nSPS) is 12.7. The molecule has 0 aliphatic heterocycles. The molecule has 0 aliphatic rings. The molecule has 4 N–H and O–H groups in total. The number of nitrogens with zero attached hydrogens (tertiary/aromatic N) is 3. The van der Waals surface area contributed by atoms with Crippen molar-refractivity contribution in [3.63, 3.8) is 0 Å². The minimum absolute atomic E-state index is 0.000447. The van der Waals surface area contributed by atoms with Gasteiger partial charge in [0.25, 0.3) is 5.91 Å². The molecule has 1 atom stereocenters. The second-order valence-electron chi connectivity index (χ2n) is 5.66. The van der Waals surface area contributed by atoms with Crippen molar-refractivity contribution >= 4 is 60.0 Å². The van der Waals surface area contributed by atoms with Crippen molar-refractivity contribution in [2.45, 2.75) is 6.10 Å². The number of halogens is 1. The average Bonchev–Trinajstić information content (AvgIpc) is 3.02. The number of hydrogen-bond donors (Lipinski definition) is 4. The summed E-state index contributed by atoms with van der Waals surface area (Å²) < 4.78 is 25.2. The minimum Gasteiger partial charge on any atom is -0.393 e. The van der Waals surface area contributed by atoms with E-state index in [0.717, 1.165) is 17.6 Å². The smallest absolute Gasteiger partial charge is 0.257 e. The molecule has 1 unspecified atom stereocenters. The van der Waals surface area contributed by atoms with Gasteiger partial charge in [-0.15, -0.1) is 0 Å². The number of thiazole rings is 1. The summed E-state index contributed by atoms with van der Waals surface area (Å²) >= 11 is 7.00. The van der Waals surface area contributed by atoms with E-state index in [0.29, 0.717) is 21.6 Å². The third-order valence-electron chi connectivity index (χ3n) is 3.39. The van der Waals surface area contributed by atoms with Gasteiger partial charge in [-0.05, 0) is 18.2 Å². The topological polar surface area (TPSA) is 154 Å². The van der Waals surface area contributed by atoms with E-state index >= 15 is 0 Å². The molecule has 0 bridgehead atoms. The van der Waals surface area contributed by atoms with Crippen molar-refractivity contribution in [1.82, 2.24) is 15.0 Å². The molecule has 3 heterocycles. The van der Waals surface area contributed by atoms with Gasteiger partial charge in [-0.2, -0.15) is 0 Å². The number of carbonyl (C=O) groups is 1. The van der Waals surface area contributed by atoms with Gasteiger partial charge in [0.05, 0.1) is 24.2 Å². The number of nitrogens with one attached hydrogen (secondary N) is 2. The average molecular weight is 444 g/mol. The number of aromatic nitrogens is 3. The van der Waals surface area contributed by atoms with E-state index in [1.54, 1.807) is 12.1 Å². The number of carbonyl (C=O) groups excluding carboxylic acids is 1. The zero-order chi connectivity index (χ0) is 20.5. The van der Waals surface area contributed by atoms with Crippen LogP contribution < -0.4 is 10.0 Å². The zero-order valence-corrected chi connectivity index (χ0v) is 16.6.